The highest BCUT2D eigenvalue weighted by molar-refractivity contribution is 5.06. The van der Waals surface area contributed by atoms with E-state index in [9.17, 15) is 0 Å². The molecule has 4 aliphatic heterocycles. The standard InChI is InChI=1S/C22H34O5/c1-3-15(7-17-11-23-17)21(5-1,9-19-13-25-19)27-22(10-20-14-26-20)6-2-4-16(22)8-18-12-24-18/h15-20H,1-14H2. The molecule has 0 spiro atoms. The summed E-state index contributed by atoms with van der Waals surface area (Å²) in [5.41, 5.74) is -0.00991. The Morgan fingerprint density at radius 3 is 1.41 bits per heavy atom. The van der Waals surface area contributed by atoms with E-state index < -0.39 is 0 Å². The van der Waals surface area contributed by atoms with Crippen molar-refractivity contribution in [2.24, 2.45) is 11.8 Å². The van der Waals surface area contributed by atoms with E-state index in [0.717, 1.165) is 39.3 Å². The van der Waals surface area contributed by atoms with Crippen molar-refractivity contribution in [3.63, 3.8) is 0 Å². The quantitative estimate of drug-likeness (QED) is 0.546. The Morgan fingerprint density at radius 1 is 0.630 bits per heavy atom. The van der Waals surface area contributed by atoms with Crippen LogP contribution in [-0.2, 0) is 23.7 Å². The Hall–Kier alpha value is -0.200. The molecule has 0 aromatic rings. The van der Waals surface area contributed by atoms with Gasteiger partial charge >= 0.3 is 0 Å². The van der Waals surface area contributed by atoms with Gasteiger partial charge in [0.1, 0.15) is 0 Å². The van der Waals surface area contributed by atoms with Gasteiger partial charge in [-0.05, 0) is 50.4 Å². The van der Waals surface area contributed by atoms with Gasteiger partial charge in [-0.15, -0.1) is 0 Å². The molecular weight excluding hydrogens is 344 g/mol. The van der Waals surface area contributed by atoms with E-state index in [4.69, 9.17) is 23.7 Å². The van der Waals surface area contributed by atoms with Crippen molar-refractivity contribution in [2.75, 3.05) is 26.4 Å². The minimum Gasteiger partial charge on any atom is -0.373 e. The van der Waals surface area contributed by atoms with Crippen molar-refractivity contribution in [3.8, 4) is 0 Å². The van der Waals surface area contributed by atoms with E-state index in [2.05, 4.69) is 0 Å². The molecule has 0 amide bonds. The van der Waals surface area contributed by atoms with Gasteiger partial charge in [0.15, 0.2) is 0 Å². The summed E-state index contributed by atoms with van der Waals surface area (Å²) in [6.45, 7) is 3.76. The molecule has 0 bridgehead atoms. The number of ether oxygens (including phenoxy) is 5. The van der Waals surface area contributed by atoms with Crippen LogP contribution in [0.4, 0.5) is 0 Å². The monoisotopic (exact) mass is 378 g/mol. The van der Waals surface area contributed by atoms with Crippen LogP contribution in [-0.4, -0.2) is 62.0 Å². The first kappa shape index (κ1) is 17.6. The predicted molar refractivity (Wildman–Crippen MR) is 98.7 cm³/mol. The van der Waals surface area contributed by atoms with Gasteiger partial charge in [-0.1, -0.05) is 12.8 Å². The van der Waals surface area contributed by atoms with Gasteiger partial charge < -0.3 is 23.7 Å². The average molecular weight is 379 g/mol. The first-order valence-corrected chi connectivity index (χ1v) is 11.4. The fraction of sp³-hybridized carbons (Fsp3) is 1.00. The van der Waals surface area contributed by atoms with Crippen molar-refractivity contribution in [1.82, 2.24) is 0 Å². The summed E-state index contributed by atoms with van der Waals surface area (Å²) < 4.78 is 30.1. The zero-order valence-corrected chi connectivity index (χ0v) is 16.4. The topological polar surface area (TPSA) is 59.4 Å². The minimum atomic E-state index is -0.00496. The number of rotatable bonds is 10. The predicted octanol–water partition coefficient (Wildman–Crippen LogP) is 3.24. The van der Waals surface area contributed by atoms with Gasteiger partial charge in [0.25, 0.3) is 0 Å². The molecule has 8 unspecified atom stereocenters. The largest absolute Gasteiger partial charge is 0.373 e. The molecule has 4 saturated heterocycles. The summed E-state index contributed by atoms with van der Waals surface area (Å²) in [6, 6.07) is 0. The third kappa shape index (κ3) is 3.83. The Labute approximate surface area is 162 Å². The van der Waals surface area contributed by atoms with Crippen molar-refractivity contribution < 1.29 is 23.7 Å². The molecular formula is C22H34O5. The maximum absolute atomic E-state index is 7.46. The van der Waals surface area contributed by atoms with Crippen LogP contribution in [0.25, 0.3) is 0 Å². The Balaban J connectivity index is 1.27. The first-order chi connectivity index (χ1) is 13.2. The van der Waals surface area contributed by atoms with Crippen LogP contribution in [0.5, 0.6) is 0 Å². The van der Waals surface area contributed by atoms with Crippen LogP contribution in [0, 0.1) is 11.8 Å². The Bertz CT molecular complexity index is 505. The molecule has 2 aliphatic carbocycles. The molecule has 0 aromatic heterocycles. The lowest BCUT2D eigenvalue weighted by molar-refractivity contribution is -0.201. The fourth-order valence-electron chi connectivity index (χ4n) is 6.37. The molecule has 27 heavy (non-hydrogen) atoms. The second-order valence-electron chi connectivity index (χ2n) is 10.1. The van der Waals surface area contributed by atoms with E-state index in [-0.39, 0.29) is 11.2 Å². The number of epoxide rings is 4. The molecule has 8 atom stereocenters. The second kappa shape index (κ2) is 6.66. The molecule has 5 nitrogen and oxygen atoms in total. The molecule has 6 aliphatic rings. The third-order valence-electron chi connectivity index (χ3n) is 8.05. The molecule has 0 aromatic carbocycles. The van der Waals surface area contributed by atoms with E-state index in [0.29, 0.717) is 36.3 Å². The normalized spacial score (nSPS) is 52.9. The van der Waals surface area contributed by atoms with Crippen LogP contribution < -0.4 is 0 Å². The fourth-order valence-corrected chi connectivity index (χ4v) is 6.37. The Kier molecular flexibility index (Phi) is 4.35. The maximum Gasteiger partial charge on any atom is 0.0837 e. The lowest BCUT2D eigenvalue weighted by Gasteiger charge is -2.47. The van der Waals surface area contributed by atoms with E-state index in [1.807, 2.05) is 0 Å². The van der Waals surface area contributed by atoms with Gasteiger partial charge in [-0.2, -0.15) is 0 Å². The van der Waals surface area contributed by atoms with Crippen LogP contribution >= 0.6 is 0 Å². The minimum absolute atomic E-state index is 0.00496. The number of hydrogen-bond donors (Lipinski definition) is 0. The van der Waals surface area contributed by atoms with Crippen LogP contribution in [0.2, 0.25) is 0 Å². The van der Waals surface area contributed by atoms with Crippen LogP contribution in [0.3, 0.4) is 0 Å². The van der Waals surface area contributed by atoms with Gasteiger partial charge in [0.05, 0.1) is 62.0 Å². The van der Waals surface area contributed by atoms with Crippen molar-refractivity contribution in [3.05, 3.63) is 0 Å². The molecule has 0 radical (unpaired) electrons. The summed E-state index contributed by atoms with van der Waals surface area (Å²) >= 11 is 0. The molecule has 5 heteroatoms. The summed E-state index contributed by atoms with van der Waals surface area (Å²) in [6.07, 6.45) is 13.9. The SMILES string of the molecule is C1CC(CC2CO2)C(CC2CO2)(OC2(CC3CO3)CCCC2CC2CO2)C1. The van der Waals surface area contributed by atoms with Gasteiger partial charge in [0, 0.05) is 12.8 Å². The lowest BCUT2D eigenvalue weighted by atomic mass is 9.78. The highest BCUT2D eigenvalue weighted by Gasteiger charge is 2.57. The van der Waals surface area contributed by atoms with Gasteiger partial charge in [0.2, 0.25) is 0 Å². The second-order valence-corrected chi connectivity index (χ2v) is 10.1. The van der Waals surface area contributed by atoms with Crippen molar-refractivity contribution in [1.29, 1.82) is 0 Å². The summed E-state index contributed by atoms with van der Waals surface area (Å²) in [5, 5.41) is 0. The van der Waals surface area contributed by atoms with Crippen LogP contribution in [0.1, 0.15) is 64.2 Å². The highest BCUT2D eigenvalue weighted by atomic mass is 16.6. The summed E-state index contributed by atoms with van der Waals surface area (Å²) in [5.74, 6) is 1.26. The summed E-state index contributed by atoms with van der Waals surface area (Å²) in [4.78, 5) is 0. The van der Waals surface area contributed by atoms with Crippen LogP contribution in [0.15, 0.2) is 0 Å². The molecule has 0 N–H and O–H groups in total. The smallest absolute Gasteiger partial charge is 0.0837 e. The Morgan fingerprint density at radius 2 is 1.04 bits per heavy atom. The van der Waals surface area contributed by atoms with Gasteiger partial charge in [-0.25, -0.2) is 0 Å². The first-order valence-electron chi connectivity index (χ1n) is 11.4. The molecule has 6 fully saturated rings. The average Bonchev–Trinajstić information content (AvgIpc) is 3.46. The van der Waals surface area contributed by atoms with E-state index in [1.54, 1.807) is 0 Å². The number of hydrogen-bond acceptors (Lipinski definition) is 5. The van der Waals surface area contributed by atoms with Crippen molar-refractivity contribution >= 4 is 0 Å². The molecule has 2 saturated carbocycles. The maximum atomic E-state index is 7.46. The van der Waals surface area contributed by atoms with Crippen molar-refractivity contribution in [2.45, 2.75) is 99.8 Å². The zero-order chi connectivity index (χ0) is 17.9. The third-order valence-corrected chi connectivity index (χ3v) is 8.05. The molecule has 4 heterocycles. The molecule has 152 valence electrons. The zero-order valence-electron chi connectivity index (χ0n) is 16.4. The van der Waals surface area contributed by atoms with E-state index in [1.165, 1.54) is 51.4 Å². The highest BCUT2D eigenvalue weighted by Crippen LogP contribution is 2.55. The molecule has 6 rings (SSSR count). The lowest BCUT2D eigenvalue weighted by Crippen LogP contribution is -2.51. The van der Waals surface area contributed by atoms with E-state index >= 15 is 0 Å². The van der Waals surface area contributed by atoms with Gasteiger partial charge in [-0.3, -0.25) is 0 Å². The summed E-state index contributed by atoms with van der Waals surface area (Å²) in [7, 11) is 0.